The molecule has 29 heavy (non-hydrogen) atoms. The minimum Gasteiger partial charge on any atom is -0.493 e. The van der Waals surface area contributed by atoms with Gasteiger partial charge in [0.15, 0.2) is 0 Å². The molecule has 0 amide bonds. The van der Waals surface area contributed by atoms with Crippen LogP contribution >= 0.6 is 11.6 Å². The third-order valence-corrected chi connectivity index (χ3v) is 5.13. The van der Waals surface area contributed by atoms with Crippen molar-refractivity contribution in [2.75, 3.05) is 6.61 Å². The number of aromatic nitrogens is 2. The molecule has 0 aliphatic rings. The van der Waals surface area contributed by atoms with Gasteiger partial charge in [-0.1, -0.05) is 48.0 Å². The topological polar surface area (TPSA) is 27.1 Å². The maximum Gasteiger partial charge on any atom is 0.141 e. The average molecular weight is 403 g/mol. The highest BCUT2D eigenvalue weighted by atomic mass is 35.5. The van der Waals surface area contributed by atoms with E-state index in [9.17, 15) is 0 Å². The van der Waals surface area contributed by atoms with Crippen LogP contribution in [0.25, 0.3) is 22.4 Å². The standard InChI is InChI=1S/C25H23ClN2O/c1-2-8-19-9-3-6-12-24(19)29-18-7-17-28-23-11-5-4-10-22(23)27-25(28)20-13-15-21(26)16-14-20/h2-6,9-16H,1,7-8,17-18H2. The van der Waals surface area contributed by atoms with E-state index in [1.165, 1.54) is 0 Å². The molecule has 0 saturated carbocycles. The van der Waals surface area contributed by atoms with Crippen molar-refractivity contribution in [3.8, 4) is 17.1 Å². The lowest BCUT2D eigenvalue weighted by Gasteiger charge is -2.12. The molecule has 1 heterocycles. The van der Waals surface area contributed by atoms with E-state index in [2.05, 4.69) is 23.3 Å². The smallest absolute Gasteiger partial charge is 0.141 e. The quantitative estimate of drug-likeness (QED) is 0.246. The second kappa shape index (κ2) is 8.97. The normalized spacial score (nSPS) is 10.9. The molecule has 0 aliphatic heterocycles. The van der Waals surface area contributed by atoms with Crippen LogP contribution in [0.5, 0.6) is 5.75 Å². The van der Waals surface area contributed by atoms with Crippen LogP contribution in [0.1, 0.15) is 12.0 Å². The molecule has 0 N–H and O–H groups in total. The van der Waals surface area contributed by atoms with Crippen LogP contribution in [-0.2, 0) is 13.0 Å². The number of imidazole rings is 1. The Labute approximate surface area is 176 Å². The zero-order chi connectivity index (χ0) is 20.1. The van der Waals surface area contributed by atoms with Crippen molar-refractivity contribution in [3.05, 3.63) is 96.0 Å². The zero-order valence-electron chi connectivity index (χ0n) is 16.2. The Morgan fingerprint density at radius 2 is 1.72 bits per heavy atom. The SMILES string of the molecule is C=CCc1ccccc1OCCCn1c(-c2ccc(Cl)cc2)nc2ccccc21. The van der Waals surface area contributed by atoms with Crippen molar-refractivity contribution in [2.24, 2.45) is 0 Å². The van der Waals surface area contributed by atoms with E-state index >= 15 is 0 Å². The highest BCUT2D eigenvalue weighted by molar-refractivity contribution is 6.30. The number of para-hydroxylation sites is 3. The number of halogens is 1. The fourth-order valence-electron chi connectivity index (χ4n) is 3.49. The van der Waals surface area contributed by atoms with Gasteiger partial charge >= 0.3 is 0 Å². The summed E-state index contributed by atoms with van der Waals surface area (Å²) in [6.07, 6.45) is 3.59. The molecule has 4 rings (SSSR count). The molecule has 0 fully saturated rings. The summed E-state index contributed by atoms with van der Waals surface area (Å²) in [7, 11) is 0. The Bertz CT molecular complexity index is 1120. The predicted molar refractivity (Wildman–Crippen MR) is 121 cm³/mol. The third-order valence-electron chi connectivity index (χ3n) is 4.88. The lowest BCUT2D eigenvalue weighted by Crippen LogP contribution is -2.07. The van der Waals surface area contributed by atoms with Crippen LogP contribution in [0.4, 0.5) is 0 Å². The highest BCUT2D eigenvalue weighted by Crippen LogP contribution is 2.26. The van der Waals surface area contributed by atoms with Gasteiger partial charge in [-0.05, 0) is 60.9 Å². The second-order valence-corrected chi connectivity index (χ2v) is 7.32. The summed E-state index contributed by atoms with van der Waals surface area (Å²) in [4.78, 5) is 4.86. The zero-order valence-corrected chi connectivity index (χ0v) is 17.0. The number of rotatable bonds is 8. The van der Waals surface area contributed by atoms with Crippen molar-refractivity contribution < 1.29 is 4.74 Å². The molecule has 0 aliphatic carbocycles. The van der Waals surface area contributed by atoms with E-state index in [0.29, 0.717) is 6.61 Å². The first-order chi connectivity index (χ1) is 14.3. The van der Waals surface area contributed by atoms with Crippen LogP contribution in [0.2, 0.25) is 5.02 Å². The molecular formula is C25H23ClN2O. The van der Waals surface area contributed by atoms with Gasteiger partial charge in [0.25, 0.3) is 0 Å². The maximum absolute atomic E-state index is 6.06. The molecule has 0 unspecified atom stereocenters. The number of aryl methyl sites for hydroxylation is 1. The number of benzene rings is 3. The van der Waals surface area contributed by atoms with Crippen LogP contribution in [0.15, 0.2) is 85.5 Å². The van der Waals surface area contributed by atoms with E-state index in [4.69, 9.17) is 21.3 Å². The van der Waals surface area contributed by atoms with E-state index < -0.39 is 0 Å². The Morgan fingerprint density at radius 1 is 0.966 bits per heavy atom. The molecule has 0 atom stereocenters. The van der Waals surface area contributed by atoms with E-state index in [1.807, 2.05) is 66.7 Å². The first kappa shape index (κ1) is 19.3. The number of allylic oxidation sites excluding steroid dienone is 1. The monoisotopic (exact) mass is 402 g/mol. The van der Waals surface area contributed by atoms with E-state index in [0.717, 1.165) is 58.1 Å². The Kier molecular flexibility index (Phi) is 5.97. The predicted octanol–water partition coefficient (Wildman–Crippen LogP) is 6.55. The Balaban J connectivity index is 1.53. The highest BCUT2D eigenvalue weighted by Gasteiger charge is 2.12. The summed E-state index contributed by atoms with van der Waals surface area (Å²) < 4.78 is 8.32. The van der Waals surface area contributed by atoms with Gasteiger partial charge in [-0.2, -0.15) is 0 Å². The Morgan fingerprint density at radius 3 is 2.55 bits per heavy atom. The minimum atomic E-state index is 0.640. The molecule has 3 aromatic carbocycles. The number of fused-ring (bicyclic) bond motifs is 1. The van der Waals surface area contributed by atoms with Crippen molar-refractivity contribution in [2.45, 2.75) is 19.4 Å². The molecule has 1 aromatic heterocycles. The molecule has 0 spiro atoms. The number of ether oxygens (including phenoxy) is 1. The maximum atomic E-state index is 6.06. The van der Waals surface area contributed by atoms with Crippen LogP contribution in [0.3, 0.4) is 0 Å². The minimum absolute atomic E-state index is 0.640. The van der Waals surface area contributed by atoms with E-state index in [1.54, 1.807) is 0 Å². The summed E-state index contributed by atoms with van der Waals surface area (Å²) in [6, 6.07) is 24.2. The molecule has 3 nitrogen and oxygen atoms in total. The number of hydrogen-bond acceptors (Lipinski definition) is 2. The summed E-state index contributed by atoms with van der Waals surface area (Å²) in [6.45, 7) is 5.29. The van der Waals surface area contributed by atoms with Crippen molar-refractivity contribution >= 4 is 22.6 Å². The lowest BCUT2D eigenvalue weighted by molar-refractivity contribution is 0.300. The molecule has 0 saturated heterocycles. The summed E-state index contributed by atoms with van der Waals surface area (Å²) >= 11 is 6.06. The summed E-state index contributed by atoms with van der Waals surface area (Å²) in [5.41, 5.74) is 4.35. The molecule has 146 valence electrons. The first-order valence-electron chi connectivity index (χ1n) is 9.79. The molecule has 4 aromatic rings. The molecule has 4 heteroatoms. The van der Waals surface area contributed by atoms with Gasteiger partial charge in [0.2, 0.25) is 0 Å². The fourth-order valence-corrected chi connectivity index (χ4v) is 3.62. The van der Waals surface area contributed by atoms with Gasteiger partial charge in [-0.15, -0.1) is 6.58 Å². The van der Waals surface area contributed by atoms with Crippen molar-refractivity contribution in [1.82, 2.24) is 9.55 Å². The fraction of sp³-hybridized carbons (Fsp3) is 0.160. The largest absolute Gasteiger partial charge is 0.493 e. The second-order valence-electron chi connectivity index (χ2n) is 6.89. The third kappa shape index (κ3) is 4.36. The van der Waals surface area contributed by atoms with Gasteiger partial charge in [-0.25, -0.2) is 4.98 Å². The van der Waals surface area contributed by atoms with Gasteiger partial charge in [0.1, 0.15) is 11.6 Å². The first-order valence-corrected chi connectivity index (χ1v) is 10.2. The average Bonchev–Trinajstić information content (AvgIpc) is 3.12. The van der Waals surface area contributed by atoms with Crippen LogP contribution < -0.4 is 4.74 Å². The van der Waals surface area contributed by atoms with Gasteiger partial charge in [0.05, 0.1) is 17.6 Å². The van der Waals surface area contributed by atoms with Gasteiger partial charge in [-0.3, -0.25) is 0 Å². The summed E-state index contributed by atoms with van der Waals surface area (Å²) in [5, 5.41) is 0.725. The lowest BCUT2D eigenvalue weighted by atomic mass is 10.1. The molecule has 0 bridgehead atoms. The molecule has 0 radical (unpaired) electrons. The van der Waals surface area contributed by atoms with E-state index in [-0.39, 0.29) is 0 Å². The van der Waals surface area contributed by atoms with Gasteiger partial charge < -0.3 is 9.30 Å². The van der Waals surface area contributed by atoms with Crippen molar-refractivity contribution in [3.63, 3.8) is 0 Å². The number of nitrogens with zero attached hydrogens (tertiary/aromatic N) is 2. The van der Waals surface area contributed by atoms with Crippen LogP contribution in [-0.4, -0.2) is 16.2 Å². The van der Waals surface area contributed by atoms with Gasteiger partial charge in [0, 0.05) is 17.1 Å². The van der Waals surface area contributed by atoms with Crippen molar-refractivity contribution in [1.29, 1.82) is 0 Å². The number of hydrogen-bond donors (Lipinski definition) is 0. The molecular weight excluding hydrogens is 380 g/mol. The Hall–Kier alpha value is -3.04. The van der Waals surface area contributed by atoms with Crippen LogP contribution in [0, 0.1) is 0 Å². The summed E-state index contributed by atoms with van der Waals surface area (Å²) in [5.74, 6) is 1.88.